The lowest BCUT2D eigenvalue weighted by molar-refractivity contribution is -0.127. The minimum Gasteiger partial charge on any atom is -0.361 e. The van der Waals surface area contributed by atoms with Gasteiger partial charge in [-0.15, -0.1) is 0 Å². The van der Waals surface area contributed by atoms with Gasteiger partial charge in [0.1, 0.15) is 0 Å². The molecule has 1 aliphatic heterocycles. The van der Waals surface area contributed by atoms with Crippen molar-refractivity contribution in [3.8, 4) is 0 Å². The van der Waals surface area contributed by atoms with Crippen LogP contribution in [0.5, 0.6) is 0 Å². The molecule has 1 aromatic heterocycles. The van der Waals surface area contributed by atoms with Crippen molar-refractivity contribution in [1.29, 1.82) is 0 Å². The lowest BCUT2D eigenvalue weighted by atomic mass is 10.1. The first-order chi connectivity index (χ1) is 9.26. The van der Waals surface area contributed by atoms with E-state index in [4.69, 9.17) is 0 Å². The van der Waals surface area contributed by atoms with Crippen LogP contribution in [0.25, 0.3) is 10.9 Å². The van der Waals surface area contributed by atoms with E-state index >= 15 is 0 Å². The second-order valence-corrected chi connectivity index (χ2v) is 5.86. The first-order valence-corrected chi connectivity index (χ1v) is 7.78. The van der Waals surface area contributed by atoms with Gasteiger partial charge in [0.15, 0.2) is 0 Å². The number of alkyl halides is 1. The predicted molar refractivity (Wildman–Crippen MR) is 80.5 cm³/mol. The third-order valence-electron chi connectivity index (χ3n) is 3.80. The van der Waals surface area contributed by atoms with Gasteiger partial charge < -0.3 is 9.88 Å². The lowest BCUT2D eigenvalue weighted by Gasteiger charge is -2.16. The minimum atomic E-state index is 0.298. The van der Waals surface area contributed by atoms with Crippen molar-refractivity contribution in [1.82, 2.24) is 9.88 Å². The highest BCUT2D eigenvalue weighted by atomic mass is 79.9. The van der Waals surface area contributed by atoms with Crippen molar-refractivity contribution in [3.63, 3.8) is 0 Å². The molecular weight excluding hydrogens is 304 g/mol. The quantitative estimate of drug-likeness (QED) is 0.864. The molecule has 1 aliphatic rings. The number of aromatic amines is 1. The maximum absolute atomic E-state index is 11.8. The summed E-state index contributed by atoms with van der Waals surface area (Å²) in [6, 6.07) is 8.54. The Hall–Kier alpha value is -1.29. The van der Waals surface area contributed by atoms with Crippen molar-refractivity contribution in [2.75, 3.05) is 18.4 Å². The Labute approximate surface area is 121 Å². The van der Waals surface area contributed by atoms with Gasteiger partial charge in [-0.1, -0.05) is 22.0 Å². The normalized spacial score (nSPS) is 19.5. The average Bonchev–Trinajstić information content (AvgIpc) is 3.02. The van der Waals surface area contributed by atoms with Gasteiger partial charge in [-0.3, -0.25) is 4.79 Å². The number of nitrogens with one attached hydrogen (secondary N) is 1. The fourth-order valence-electron chi connectivity index (χ4n) is 2.70. The van der Waals surface area contributed by atoms with Crippen molar-refractivity contribution in [3.05, 3.63) is 36.0 Å². The number of amides is 1. The van der Waals surface area contributed by atoms with Gasteiger partial charge in [0.05, 0.1) is 0 Å². The molecule has 0 aliphatic carbocycles. The first-order valence-electron chi connectivity index (χ1n) is 6.66. The minimum absolute atomic E-state index is 0.298. The van der Waals surface area contributed by atoms with Crippen molar-refractivity contribution in [2.45, 2.75) is 12.8 Å². The number of carbonyl (C=O) groups is 1. The molecular formula is C15H17BrN2O. The number of hydrogen-bond acceptors (Lipinski definition) is 1. The maximum Gasteiger partial charge on any atom is 0.222 e. The van der Waals surface area contributed by atoms with E-state index in [2.05, 4.69) is 45.2 Å². The van der Waals surface area contributed by atoms with Crippen LogP contribution in [0.1, 0.15) is 12.0 Å². The standard InChI is InChI=1S/C15H17BrN2O/c16-9-12-8-15(19)18(10-12)6-4-11-1-2-14-13(7-11)3-5-17-14/h1-3,5,7,12,17H,4,6,8-10H2. The molecule has 1 N–H and O–H groups in total. The van der Waals surface area contributed by atoms with Gasteiger partial charge in [-0.2, -0.15) is 0 Å². The smallest absolute Gasteiger partial charge is 0.222 e. The summed E-state index contributed by atoms with van der Waals surface area (Å²) in [5.41, 5.74) is 2.46. The van der Waals surface area contributed by atoms with E-state index in [0.717, 1.165) is 24.8 Å². The largest absolute Gasteiger partial charge is 0.361 e. The fourth-order valence-corrected chi connectivity index (χ4v) is 3.13. The van der Waals surface area contributed by atoms with Gasteiger partial charge in [0.2, 0.25) is 5.91 Å². The number of rotatable bonds is 4. The molecule has 1 unspecified atom stereocenters. The summed E-state index contributed by atoms with van der Waals surface area (Å²) < 4.78 is 0. The van der Waals surface area contributed by atoms with Crippen LogP contribution in [0.2, 0.25) is 0 Å². The lowest BCUT2D eigenvalue weighted by Crippen LogP contribution is -2.27. The number of H-pyrrole nitrogens is 1. The third kappa shape index (κ3) is 2.68. The molecule has 1 saturated heterocycles. The van der Waals surface area contributed by atoms with E-state index in [0.29, 0.717) is 18.2 Å². The fraction of sp³-hybridized carbons (Fsp3) is 0.400. The van der Waals surface area contributed by atoms with Crippen LogP contribution in [-0.2, 0) is 11.2 Å². The second kappa shape index (κ2) is 5.37. The van der Waals surface area contributed by atoms with Crippen LogP contribution >= 0.6 is 15.9 Å². The highest BCUT2D eigenvalue weighted by Gasteiger charge is 2.28. The SMILES string of the molecule is O=C1CC(CBr)CN1CCc1ccc2[nH]ccc2c1. The van der Waals surface area contributed by atoms with Crippen LogP contribution in [0, 0.1) is 5.92 Å². The van der Waals surface area contributed by atoms with Gasteiger partial charge in [-0.25, -0.2) is 0 Å². The number of hydrogen-bond donors (Lipinski definition) is 1. The van der Waals surface area contributed by atoms with Crippen LogP contribution in [-0.4, -0.2) is 34.2 Å². The van der Waals surface area contributed by atoms with E-state index in [9.17, 15) is 4.79 Å². The van der Waals surface area contributed by atoms with E-state index in [-0.39, 0.29) is 0 Å². The van der Waals surface area contributed by atoms with Crippen LogP contribution in [0.3, 0.4) is 0 Å². The van der Waals surface area contributed by atoms with E-state index in [1.807, 2.05) is 11.1 Å². The van der Waals surface area contributed by atoms with Gasteiger partial charge in [0, 0.05) is 36.6 Å². The number of likely N-dealkylation sites (tertiary alicyclic amines) is 1. The van der Waals surface area contributed by atoms with E-state index in [1.165, 1.54) is 16.5 Å². The van der Waals surface area contributed by atoms with Gasteiger partial charge in [0.25, 0.3) is 0 Å². The highest BCUT2D eigenvalue weighted by molar-refractivity contribution is 9.09. The van der Waals surface area contributed by atoms with Crippen molar-refractivity contribution < 1.29 is 4.79 Å². The Kier molecular flexibility index (Phi) is 3.60. The number of aromatic nitrogens is 1. The van der Waals surface area contributed by atoms with Crippen LogP contribution in [0.4, 0.5) is 0 Å². The summed E-state index contributed by atoms with van der Waals surface area (Å²) in [5.74, 6) is 0.784. The Bertz CT molecular complexity index is 593. The predicted octanol–water partition coefficient (Wildman–Crippen LogP) is 2.95. The molecule has 2 heterocycles. The molecule has 0 radical (unpaired) electrons. The molecule has 0 bridgehead atoms. The highest BCUT2D eigenvalue weighted by Crippen LogP contribution is 2.20. The Morgan fingerprint density at radius 2 is 2.26 bits per heavy atom. The number of halogens is 1. The molecule has 3 nitrogen and oxygen atoms in total. The zero-order valence-electron chi connectivity index (χ0n) is 10.7. The zero-order chi connectivity index (χ0) is 13.2. The van der Waals surface area contributed by atoms with Crippen LogP contribution in [0.15, 0.2) is 30.5 Å². The molecule has 0 saturated carbocycles. The summed E-state index contributed by atoms with van der Waals surface area (Å²) in [4.78, 5) is 17.0. The molecule has 2 aromatic rings. The molecule has 1 amide bonds. The molecule has 3 rings (SSSR count). The van der Waals surface area contributed by atoms with Crippen molar-refractivity contribution >= 4 is 32.7 Å². The molecule has 1 atom stereocenters. The summed E-state index contributed by atoms with van der Waals surface area (Å²) in [6.07, 6.45) is 3.59. The summed E-state index contributed by atoms with van der Waals surface area (Å²) in [6.45, 7) is 1.73. The molecule has 0 spiro atoms. The monoisotopic (exact) mass is 320 g/mol. The average molecular weight is 321 g/mol. The molecule has 1 aromatic carbocycles. The second-order valence-electron chi connectivity index (χ2n) is 5.21. The Morgan fingerprint density at radius 3 is 3.05 bits per heavy atom. The topological polar surface area (TPSA) is 36.1 Å². The Morgan fingerprint density at radius 1 is 1.37 bits per heavy atom. The summed E-state index contributed by atoms with van der Waals surface area (Å²) in [7, 11) is 0. The summed E-state index contributed by atoms with van der Waals surface area (Å²) >= 11 is 3.47. The third-order valence-corrected chi connectivity index (χ3v) is 4.72. The molecule has 1 fully saturated rings. The number of benzene rings is 1. The van der Waals surface area contributed by atoms with Crippen LogP contribution < -0.4 is 0 Å². The summed E-state index contributed by atoms with van der Waals surface area (Å²) in [5, 5.41) is 2.16. The first kappa shape index (κ1) is 12.7. The van der Waals surface area contributed by atoms with E-state index in [1.54, 1.807) is 0 Å². The molecule has 4 heteroatoms. The maximum atomic E-state index is 11.8. The number of nitrogens with zero attached hydrogens (tertiary/aromatic N) is 1. The van der Waals surface area contributed by atoms with E-state index < -0.39 is 0 Å². The molecule has 19 heavy (non-hydrogen) atoms. The molecule has 100 valence electrons. The van der Waals surface area contributed by atoms with Gasteiger partial charge in [-0.05, 0) is 41.5 Å². The van der Waals surface area contributed by atoms with Gasteiger partial charge >= 0.3 is 0 Å². The van der Waals surface area contributed by atoms with Crippen molar-refractivity contribution in [2.24, 2.45) is 5.92 Å². The zero-order valence-corrected chi connectivity index (χ0v) is 12.3. The number of fused-ring (bicyclic) bond motifs is 1. The Balaban J connectivity index is 1.64. The number of carbonyl (C=O) groups excluding carboxylic acids is 1.